The van der Waals surface area contributed by atoms with Crippen molar-refractivity contribution >= 4 is 22.6 Å². The van der Waals surface area contributed by atoms with E-state index >= 15 is 0 Å². The van der Waals surface area contributed by atoms with Crippen LogP contribution in [-0.4, -0.2) is 17.1 Å². The second-order valence-corrected chi connectivity index (χ2v) is 5.56. The van der Waals surface area contributed by atoms with Gasteiger partial charge in [-0.05, 0) is 35.4 Å². The van der Waals surface area contributed by atoms with Crippen LogP contribution in [0.25, 0.3) is 0 Å². The minimum absolute atomic E-state index is 0.0341. The summed E-state index contributed by atoms with van der Waals surface area (Å²) < 4.78 is 5.73. The number of nitrogens with one attached hydrogen (secondary N) is 1. The van der Waals surface area contributed by atoms with Gasteiger partial charge < -0.3 is 9.72 Å². The number of aromatic amines is 1. The van der Waals surface area contributed by atoms with Crippen LogP contribution in [0.4, 0.5) is 0 Å². The number of hydrogen-bond acceptors (Lipinski definition) is 3. The molecule has 1 fully saturated rings. The Kier molecular flexibility index (Phi) is 4.55. The summed E-state index contributed by atoms with van der Waals surface area (Å²) in [4.78, 5) is 19.3. The molecule has 94 valence electrons. The van der Waals surface area contributed by atoms with E-state index < -0.39 is 0 Å². The Morgan fingerprint density at radius 1 is 1.41 bits per heavy atom. The molecule has 0 aliphatic heterocycles. The predicted octanol–water partition coefficient (Wildman–Crippen LogP) is 2.57. The lowest BCUT2D eigenvalue weighted by molar-refractivity contribution is 0.180. The number of hydrogen-bond donors (Lipinski definition) is 1. The topological polar surface area (TPSA) is 55.0 Å². The van der Waals surface area contributed by atoms with E-state index in [2.05, 4.69) is 9.97 Å². The van der Waals surface area contributed by atoms with Crippen molar-refractivity contribution in [3.8, 4) is 0 Å². The lowest BCUT2D eigenvalue weighted by atomic mass is 9.88. The van der Waals surface area contributed by atoms with Gasteiger partial charge in [0.15, 0.2) is 0 Å². The lowest BCUT2D eigenvalue weighted by Gasteiger charge is -2.21. The van der Waals surface area contributed by atoms with E-state index in [9.17, 15) is 4.79 Å². The van der Waals surface area contributed by atoms with Gasteiger partial charge in [0.25, 0.3) is 5.56 Å². The summed E-state index contributed by atoms with van der Waals surface area (Å²) in [5.74, 6) is 1.27. The van der Waals surface area contributed by atoms with Crippen molar-refractivity contribution < 1.29 is 4.74 Å². The van der Waals surface area contributed by atoms with Gasteiger partial charge in [-0.3, -0.25) is 4.79 Å². The first-order valence-corrected chi connectivity index (χ1v) is 7.07. The average molecular weight is 348 g/mol. The molecule has 0 aromatic carbocycles. The largest absolute Gasteiger partial charge is 0.378 e. The Morgan fingerprint density at radius 3 is 2.76 bits per heavy atom. The zero-order valence-corrected chi connectivity index (χ0v) is 12.1. The zero-order valence-electron chi connectivity index (χ0n) is 9.96. The molecular weight excluding hydrogens is 331 g/mol. The van der Waals surface area contributed by atoms with Gasteiger partial charge in [-0.25, -0.2) is 4.98 Å². The molecule has 4 nitrogen and oxygen atoms in total. The van der Waals surface area contributed by atoms with Crippen LogP contribution in [-0.2, 0) is 11.3 Å². The number of nitrogens with zero attached hydrogens (tertiary/aromatic N) is 1. The number of rotatable bonds is 3. The first-order chi connectivity index (χ1) is 8.22. The van der Waals surface area contributed by atoms with Gasteiger partial charge in [0.05, 0.1) is 12.3 Å². The summed E-state index contributed by atoms with van der Waals surface area (Å²) in [7, 11) is 1.62. The van der Waals surface area contributed by atoms with Gasteiger partial charge in [0.2, 0.25) is 0 Å². The molecule has 5 heteroatoms. The molecule has 1 aromatic heterocycles. The molecule has 2 rings (SSSR count). The molecule has 1 N–H and O–H groups in total. The monoisotopic (exact) mass is 348 g/mol. The Labute approximate surface area is 114 Å². The van der Waals surface area contributed by atoms with Crippen LogP contribution in [0.15, 0.2) is 4.79 Å². The molecule has 0 spiro atoms. The van der Waals surface area contributed by atoms with Gasteiger partial charge in [0.1, 0.15) is 9.39 Å². The van der Waals surface area contributed by atoms with Crippen molar-refractivity contribution in [1.82, 2.24) is 9.97 Å². The van der Waals surface area contributed by atoms with E-state index in [0.29, 0.717) is 16.1 Å². The third-order valence-electron chi connectivity index (χ3n) is 3.22. The first-order valence-electron chi connectivity index (χ1n) is 6.00. The second kappa shape index (κ2) is 5.95. The average Bonchev–Trinajstić information content (AvgIpc) is 2.36. The molecule has 0 saturated heterocycles. The molecule has 1 saturated carbocycles. The molecule has 1 aliphatic rings. The third-order valence-corrected chi connectivity index (χ3v) is 4.34. The van der Waals surface area contributed by atoms with Gasteiger partial charge in [0, 0.05) is 13.0 Å². The Bertz CT molecular complexity index is 439. The fraction of sp³-hybridized carbons (Fsp3) is 0.667. The van der Waals surface area contributed by atoms with E-state index in [1.54, 1.807) is 7.11 Å². The number of methoxy groups -OCH3 is 1. The Balaban J connectivity index is 2.30. The van der Waals surface area contributed by atoms with Crippen LogP contribution in [0.3, 0.4) is 0 Å². The SMILES string of the molecule is COCc1nc(C2CCCCC2)[nH]c(=O)c1I. The van der Waals surface area contributed by atoms with Crippen LogP contribution in [0.1, 0.15) is 49.5 Å². The fourth-order valence-corrected chi connectivity index (χ4v) is 2.74. The number of aromatic nitrogens is 2. The molecule has 0 atom stereocenters. The van der Waals surface area contributed by atoms with Gasteiger partial charge >= 0.3 is 0 Å². The Hall–Kier alpha value is -0.430. The predicted molar refractivity (Wildman–Crippen MR) is 74.1 cm³/mol. The van der Waals surface area contributed by atoms with Crippen LogP contribution < -0.4 is 5.56 Å². The maximum atomic E-state index is 11.8. The molecule has 1 aromatic rings. The zero-order chi connectivity index (χ0) is 12.3. The van der Waals surface area contributed by atoms with E-state index in [0.717, 1.165) is 24.4 Å². The molecule has 0 unspecified atom stereocenters. The van der Waals surface area contributed by atoms with E-state index in [1.807, 2.05) is 22.6 Å². The van der Waals surface area contributed by atoms with Gasteiger partial charge in [-0.1, -0.05) is 19.3 Å². The van der Waals surface area contributed by atoms with Gasteiger partial charge in [-0.15, -0.1) is 0 Å². The number of ether oxygens (including phenoxy) is 1. The summed E-state index contributed by atoms with van der Waals surface area (Å²) in [6.45, 7) is 0.405. The highest BCUT2D eigenvalue weighted by Gasteiger charge is 2.19. The molecule has 0 bridgehead atoms. The van der Waals surface area contributed by atoms with Crippen LogP contribution in [0, 0.1) is 3.57 Å². The first kappa shape index (κ1) is 13.0. The quantitative estimate of drug-likeness (QED) is 0.855. The summed E-state index contributed by atoms with van der Waals surface area (Å²) in [5.41, 5.74) is 0.727. The molecular formula is C12H17IN2O2. The molecule has 0 radical (unpaired) electrons. The molecule has 1 heterocycles. The highest BCUT2D eigenvalue weighted by atomic mass is 127. The maximum absolute atomic E-state index is 11.8. The summed E-state index contributed by atoms with van der Waals surface area (Å²) >= 11 is 2.03. The molecule has 0 amide bonds. The minimum atomic E-state index is -0.0341. The standard InChI is InChI=1S/C12H17IN2O2/c1-17-7-9-10(13)12(16)15-11(14-9)8-5-3-2-4-6-8/h8H,2-7H2,1H3,(H,14,15,16). The Morgan fingerprint density at radius 2 is 2.12 bits per heavy atom. The van der Waals surface area contributed by atoms with Crippen molar-refractivity contribution in [2.24, 2.45) is 0 Å². The minimum Gasteiger partial charge on any atom is -0.378 e. The van der Waals surface area contributed by atoms with Crippen molar-refractivity contribution in [2.45, 2.75) is 44.6 Å². The van der Waals surface area contributed by atoms with Crippen molar-refractivity contribution in [2.75, 3.05) is 7.11 Å². The third kappa shape index (κ3) is 3.07. The normalized spacial score (nSPS) is 17.3. The van der Waals surface area contributed by atoms with E-state index in [-0.39, 0.29) is 5.56 Å². The maximum Gasteiger partial charge on any atom is 0.264 e. The summed E-state index contributed by atoms with van der Waals surface area (Å²) in [6, 6.07) is 0. The van der Waals surface area contributed by atoms with Crippen molar-refractivity contribution in [3.05, 3.63) is 25.4 Å². The van der Waals surface area contributed by atoms with E-state index in [1.165, 1.54) is 19.3 Å². The second-order valence-electron chi connectivity index (χ2n) is 4.48. The highest BCUT2D eigenvalue weighted by molar-refractivity contribution is 14.1. The van der Waals surface area contributed by atoms with Crippen LogP contribution in [0.2, 0.25) is 0 Å². The highest BCUT2D eigenvalue weighted by Crippen LogP contribution is 2.30. The molecule has 1 aliphatic carbocycles. The fourth-order valence-electron chi connectivity index (χ4n) is 2.33. The van der Waals surface area contributed by atoms with Crippen molar-refractivity contribution in [1.29, 1.82) is 0 Å². The molecule has 17 heavy (non-hydrogen) atoms. The number of halogens is 1. The van der Waals surface area contributed by atoms with E-state index in [4.69, 9.17) is 4.74 Å². The smallest absolute Gasteiger partial charge is 0.264 e. The lowest BCUT2D eigenvalue weighted by Crippen LogP contribution is -2.21. The van der Waals surface area contributed by atoms with Crippen LogP contribution in [0.5, 0.6) is 0 Å². The summed E-state index contributed by atoms with van der Waals surface area (Å²) in [6.07, 6.45) is 6.04. The summed E-state index contributed by atoms with van der Waals surface area (Å²) in [5, 5.41) is 0. The van der Waals surface area contributed by atoms with Crippen molar-refractivity contribution in [3.63, 3.8) is 0 Å². The van der Waals surface area contributed by atoms with Crippen LogP contribution >= 0.6 is 22.6 Å². The van der Waals surface area contributed by atoms with Gasteiger partial charge in [-0.2, -0.15) is 0 Å². The number of H-pyrrole nitrogens is 1.